The second-order valence-corrected chi connectivity index (χ2v) is 3.51. The fraction of sp³-hybridized carbons (Fsp3) is 0.500. The summed E-state index contributed by atoms with van der Waals surface area (Å²) in [5, 5.41) is 3.04. The molecule has 0 unspecified atom stereocenters. The van der Waals surface area contributed by atoms with Gasteiger partial charge in [0.25, 0.3) is 0 Å². The number of methoxy groups -OCH3 is 1. The summed E-state index contributed by atoms with van der Waals surface area (Å²) in [5.74, 6) is 0.0507. The molecule has 0 spiro atoms. The van der Waals surface area contributed by atoms with Crippen LogP contribution in [0.25, 0.3) is 0 Å². The lowest BCUT2D eigenvalue weighted by molar-refractivity contribution is -0.117. The number of anilines is 1. The maximum absolute atomic E-state index is 11.9. The number of aromatic nitrogens is 1. The average Bonchev–Trinajstić information content (AvgIpc) is 2.37. The van der Waals surface area contributed by atoms with E-state index in [0.717, 1.165) is 5.69 Å². The molecular weight excluding hydrogens is 218 g/mol. The first-order valence-corrected chi connectivity index (χ1v) is 5.69. The summed E-state index contributed by atoms with van der Waals surface area (Å²) in [7, 11) is 1.64. The first-order chi connectivity index (χ1) is 8.29. The van der Waals surface area contributed by atoms with Crippen LogP contribution in [-0.2, 0) is 9.53 Å². The zero-order chi connectivity index (χ0) is 12.5. The van der Waals surface area contributed by atoms with Crippen molar-refractivity contribution in [3.8, 4) is 0 Å². The van der Waals surface area contributed by atoms with Gasteiger partial charge in [0, 0.05) is 38.3 Å². The Morgan fingerprint density at radius 1 is 1.47 bits per heavy atom. The monoisotopic (exact) mass is 237 g/mol. The number of pyridine rings is 1. The third-order valence-electron chi connectivity index (χ3n) is 2.35. The lowest BCUT2D eigenvalue weighted by Gasteiger charge is -2.20. The lowest BCUT2D eigenvalue weighted by Crippen LogP contribution is -2.39. The van der Waals surface area contributed by atoms with E-state index in [1.165, 1.54) is 0 Å². The minimum atomic E-state index is 0.0507. The number of ether oxygens (including phenoxy) is 1. The molecule has 0 radical (unpaired) electrons. The van der Waals surface area contributed by atoms with Gasteiger partial charge in [-0.3, -0.25) is 9.78 Å². The highest BCUT2D eigenvalue weighted by Gasteiger charge is 2.12. The van der Waals surface area contributed by atoms with Crippen LogP contribution in [-0.4, -0.2) is 44.2 Å². The molecule has 0 saturated heterocycles. The van der Waals surface area contributed by atoms with E-state index in [9.17, 15) is 4.79 Å². The summed E-state index contributed by atoms with van der Waals surface area (Å²) in [6.07, 6.45) is 3.37. The van der Waals surface area contributed by atoms with Crippen LogP contribution in [0.4, 0.5) is 5.69 Å². The molecule has 1 heterocycles. The molecule has 1 rings (SSSR count). The number of rotatable bonds is 7. The largest absolute Gasteiger partial charge is 0.383 e. The minimum absolute atomic E-state index is 0.0507. The van der Waals surface area contributed by atoms with Crippen LogP contribution in [0.1, 0.15) is 6.92 Å². The summed E-state index contributed by atoms with van der Waals surface area (Å²) in [4.78, 5) is 17.6. The van der Waals surface area contributed by atoms with Gasteiger partial charge in [-0.2, -0.15) is 0 Å². The molecule has 0 aliphatic rings. The van der Waals surface area contributed by atoms with Crippen molar-refractivity contribution in [1.29, 1.82) is 0 Å². The molecule has 0 bridgehead atoms. The van der Waals surface area contributed by atoms with E-state index in [4.69, 9.17) is 4.74 Å². The smallest absolute Gasteiger partial charge is 0.240 e. The van der Waals surface area contributed by atoms with E-state index in [-0.39, 0.29) is 5.91 Å². The van der Waals surface area contributed by atoms with E-state index in [1.807, 2.05) is 19.1 Å². The Kier molecular flexibility index (Phi) is 6.21. The van der Waals surface area contributed by atoms with E-state index < -0.39 is 0 Å². The van der Waals surface area contributed by atoms with Crippen molar-refractivity contribution < 1.29 is 9.53 Å². The van der Waals surface area contributed by atoms with Gasteiger partial charge in [-0.15, -0.1) is 0 Å². The van der Waals surface area contributed by atoms with Gasteiger partial charge in [-0.05, 0) is 19.1 Å². The second kappa shape index (κ2) is 7.76. The van der Waals surface area contributed by atoms with E-state index >= 15 is 0 Å². The quantitative estimate of drug-likeness (QED) is 0.708. The molecule has 0 atom stereocenters. The fourth-order valence-corrected chi connectivity index (χ4v) is 1.49. The lowest BCUT2D eigenvalue weighted by atomic mass is 10.3. The molecule has 1 N–H and O–H groups in total. The van der Waals surface area contributed by atoms with Gasteiger partial charge in [0.2, 0.25) is 5.91 Å². The number of hydrogen-bond donors (Lipinski definition) is 1. The van der Waals surface area contributed by atoms with E-state index in [2.05, 4.69) is 10.3 Å². The van der Waals surface area contributed by atoms with Crippen LogP contribution in [0.3, 0.4) is 0 Å². The summed E-state index contributed by atoms with van der Waals surface area (Å²) in [6.45, 7) is 4.20. The molecule has 1 aromatic rings. The van der Waals surface area contributed by atoms with Crippen molar-refractivity contribution >= 4 is 11.6 Å². The molecule has 0 aromatic carbocycles. The number of likely N-dealkylation sites (N-methyl/N-ethyl adjacent to an activating group) is 1. The fourth-order valence-electron chi connectivity index (χ4n) is 1.49. The summed E-state index contributed by atoms with van der Waals surface area (Å²) in [5.41, 5.74) is 0.876. The Morgan fingerprint density at radius 2 is 2.18 bits per heavy atom. The number of nitrogens with zero attached hydrogens (tertiary/aromatic N) is 2. The molecule has 0 aliphatic heterocycles. The molecule has 1 amide bonds. The standard InChI is InChI=1S/C12H19N3O2/c1-3-15(11-4-6-13-7-5-11)12(16)10-14-8-9-17-2/h4-7,14H,3,8-10H2,1-2H3. The SMILES string of the molecule is CCN(C(=O)CNCCOC)c1ccncc1. The Labute approximate surface area is 102 Å². The minimum Gasteiger partial charge on any atom is -0.383 e. The predicted molar refractivity (Wildman–Crippen MR) is 67.0 cm³/mol. The van der Waals surface area contributed by atoms with Crippen LogP contribution in [0, 0.1) is 0 Å². The maximum atomic E-state index is 11.9. The summed E-state index contributed by atoms with van der Waals surface area (Å²) < 4.78 is 4.90. The number of nitrogens with one attached hydrogen (secondary N) is 1. The van der Waals surface area contributed by atoms with Gasteiger partial charge in [0.1, 0.15) is 0 Å². The highest BCUT2D eigenvalue weighted by Crippen LogP contribution is 2.11. The summed E-state index contributed by atoms with van der Waals surface area (Å²) in [6, 6.07) is 3.66. The number of carbonyl (C=O) groups is 1. The second-order valence-electron chi connectivity index (χ2n) is 3.51. The van der Waals surface area contributed by atoms with Crippen LogP contribution >= 0.6 is 0 Å². The molecular formula is C12H19N3O2. The Hall–Kier alpha value is -1.46. The average molecular weight is 237 g/mol. The first kappa shape index (κ1) is 13.6. The third-order valence-corrected chi connectivity index (χ3v) is 2.35. The highest BCUT2D eigenvalue weighted by atomic mass is 16.5. The zero-order valence-electron chi connectivity index (χ0n) is 10.3. The van der Waals surface area contributed by atoms with Crippen molar-refractivity contribution in [2.45, 2.75) is 6.92 Å². The van der Waals surface area contributed by atoms with Crippen molar-refractivity contribution in [2.24, 2.45) is 0 Å². The normalized spacial score (nSPS) is 10.2. The van der Waals surface area contributed by atoms with Gasteiger partial charge in [-0.1, -0.05) is 0 Å². The topological polar surface area (TPSA) is 54.5 Å². The Bertz CT molecular complexity index is 330. The first-order valence-electron chi connectivity index (χ1n) is 5.69. The van der Waals surface area contributed by atoms with Crippen molar-refractivity contribution in [2.75, 3.05) is 38.3 Å². The highest BCUT2D eigenvalue weighted by molar-refractivity contribution is 5.94. The van der Waals surface area contributed by atoms with Gasteiger partial charge in [0.05, 0.1) is 13.2 Å². The van der Waals surface area contributed by atoms with Crippen LogP contribution < -0.4 is 10.2 Å². The van der Waals surface area contributed by atoms with Crippen LogP contribution in [0.2, 0.25) is 0 Å². The Morgan fingerprint density at radius 3 is 2.76 bits per heavy atom. The van der Waals surface area contributed by atoms with Crippen LogP contribution in [0.5, 0.6) is 0 Å². The molecule has 17 heavy (non-hydrogen) atoms. The third kappa shape index (κ3) is 4.50. The molecule has 5 heteroatoms. The van der Waals surface area contributed by atoms with Crippen LogP contribution in [0.15, 0.2) is 24.5 Å². The maximum Gasteiger partial charge on any atom is 0.240 e. The number of amides is 1. The molecule has 5 nitrogen and oxygen atoms in total. The van der Waals surface area contributed by atoms with E-state index in [0.29, 0.717) is 26.2 Å². The van der Waals surface area contributed by atoms with Gasteiger partial charge >= 0.3 is 0 Å². The molecule has 0 fully saturated rings. The number of hydrogen-bond acceptors (Lipinski definition) is 4. The van der Waals surface area contributed by atoms with Gasteiger partial charge in [0.15, 0.2) is 0 Å². The zero-order valence-corrected chi connectivity index (χ0v) is 10.3. The molecule has 1 aromatic heterocycles. The number of carbonyl (C=O) groups excluding carboxylic acids is 1. The molecule has 94 valence electrons. The Balaban J connectivity index is 2.48. The van der Waals surface area contributed by atoms with Crippen molar-refractivity contribution in [1.82, 2.24) is 10.3 Å². The van der Waals surface area contributed by atoms with Gasteiger partial charge in [-0.25, -0.2) is 0 Å². The van der Waals surface area contributed by atoms with Crippen molar-refractivity contribution in [3.63, 3.8) is 0 Å². The van der Waals surface area contributed by atoms with Gasteiger partial charge < -0.3 is 15.0 Å². The van der Waals surface area contributed by atoms with E-state index in [1.54, 1.807) is 24.4 Å². The summed E-state index contributed by atoms with van der Waals surface area (Å²) >= 11 is 0. The molecule has 0 saturated carbocycles. The predicted octanol–water partition coefficient (Wildman–Crippen LogP) is 0.670. The van der Waals surface area contributed by atoms with Crippen molar-refractivity contribution in [3.05, 3.63) is 24.5 Å². The molecule has 0 aliphatic carbocycles.